The van der Waals surface area contributed by atoms with Crippen LogP contribution in [0.5, 0.6) is 0 Å². The van der Waals surface area contributed by atoms with E-state index in [2.05, 4.69) is 23.3 Å². The third-order valence-electron chi connectivity index (χ3n) is 3.77. The second-order valence-electron chi connectivity index (χ2n) is 6.57. The molecule has 1 aromatic rings. The fourth-order valence-electron chi connectivity index (χ4n) is 2.40. The summed E-state index contributed by atoms with van der Waals surface area (Å²) in [6.45, 7) is 3.73. The first-order chi connectivity index (χ1) is 12.2. The second kappa shape index (κ2) is 10.8. The molecule has 144 valence electrons. The zero-order chi connectivity index (χ0) is 19.7. The Morgan fingerprint density at radius 1 is 1.08 bits per heavy atom. The minimum absolute atomic E-state index is 0.0314. The van der Waals surface area contributed by atoms with Crippen LogP contribution in [-0.2, 0) is 20.8 Å². The summed E-state index contributed by atoms with van der Waals surface area (Å²) in [5, 5.41) is 14.2. The molecule has 0 bridgehead atoms. The highest BCUT2D eigenvalue weighted by molar-refractivity contribution is 7.80. The molecule has 0 aliphatic heterocycles. The van der Waals surface area contributed by atoms with Gasteiger partial charge in [0, 0.05) is 5.75 Å². The number of rotatable bonds is 10. The maximum absolute atomic E-state index is 12.3. The van der Waals surface area contributed by atoms with E-state index in [1.54, 1.807) is 0 Å². The number of benzene rings is 1. The normalized spacial score (nSPS) is 14.3. The number of nitrogens with one attached hydrogen (secondary N) is 2. The molecule has 3 atom stereocenters. The van der Waals surface area contributed by atoms with E-state index in [0.717, 1.165) is 5.56 Å². The molecule has 0 aliphatic rings. The molecule has 0 spiro atoms. The predicted octanol–water partition coefficient (Wildman–Crippen LogP) is 0.587. The van der Waals surface area contributed by atoms with Crippen LogP contribution in [0.25, 0.3) is 0 Å². The van der Waals surface area contributed by atoms with Crippen LogP contribution in [0.4, 0.5) is 0 Å². The van der Waals surface area contributed by atoms with Gasteiger partial charge in [0.25, 0.3) is 0 Å². The van der Waals surface area contributed by atoms with Crippen molar-refractivity contribution >= 4 is 30.4 Å². The molecule has 0 saturated carbocycles. The van der Waals surface area contributed by atoms with Crippen molar-refractivity contribution in [1.82, 2.24) is 10.6 Å². The van der Waals surface area contributed by atoms with Gasteiger partial charge in [-0.3, -0.25) is 9.59 Å². The first-order valence-corrected chi connectivity index (χ1v) is 9.11. The zero-order valence-corrected chi connectivity index (χ0v) is 15.9. The molecule has 8 heteroatoms. The van der Waals surface area contributed by atoms with E-state index in [1.807, 2.05) is 44.2 Å². The van der Waals surface area contributed by atoms with Gasteiger partial charge in [-0.2, -0.15) is 12.6 Å². The summed E-state index contributed by atoms with van der Waals surface area (Å²) in [7, 11) is 0. The Balaban J connectivity index is 2.64. The summed E-state index contributed by atoms with van der Waals surface area (Å²) >= 11 is 4.08. The molecule has 0 aromatic heterocycles. The molecule has 1 rings (SSSR count). The molecule has 2 amide bonds. The average Bonchev–Trinajstić information content (AvgIpc) is 2.58. The van der Waals surface area contributed by atoms with E-state index in [4.69, 9.17) is 5.73 Å². The number of amides is 2. The van der Waals surface area contributed by atoms with Gasteiger partial charge in [-0.05, 0) is 24.3 Å². The smallest absolute Gasteiger partial charge is 0.326 e. The van der Waals surface area contributed by atoms with Crippen molar-refractivity contribution in [3.05, 3.63) is 35.9 Å². The number of carbonyl (C=O) groups excluding carboxylic acids is 2. The molecule has 0 saturated heterocycles. The van der Waals surface area contributed by atoms with Gasteiger partial charge in [-0.1, -0.05) is 44.2 Å². The molecule has 0 unspecified atom stereocenters. The molecule has 0 radical (unpaired) electrons. The number of thiol groups is 1. The number of carboxylic acids is 1. The minimum Gasteiger partial charge on any atom is -0.480 e. The maximum atomic E-state index is 12.3. The lowest BCUT2D eigenvalue weighted by Gasteiger charge is -2.22. The zero-order valence-electron chi connectivity index (χ0n) is 15.0. The number of nitrogens with two attached hydrogens (primary N) is 1. The Morgan fingerprint density at radius 2 is 1.65 bits per heavy atom. The third-order valence-corrected chi connectivity index (χ3v) is 4.14. The van der Waals surface area contributed by atoms with Crippen LogP contribution in [0.1, 0.15) is 25.8 Å². The summed E-state index contributed by atoms with van der Waals surface area (Å²) in [5.74, 6) is -2.06. The Morgan fingerprint density at radius 3 is 2.15 bits per heavy atom. The van der Waals surface area contributed by atoms with E-state index >= 15 is 0 Å². The summed E-state index contributed by atoms with van der Waals surface area (Å²) in [6, 6.07) is 6.50. The highest BCUT2D eigenvalue weighted by atomic mass is 32.1. The lowest BCUT2D eigenvalue weighted by atomic mass is 10.0. The summed E-state index contributed by atoms with van der Waals surface area (Å²) < 4.78 is 0. The maximum Gasteiger partial charge on any atom is 0.326 e. The van der Waals surface area contributed by atoms with Gasteiger partial charge in [0.2, 0.25) is 11.8 Å². The lowest BCUT2D eigenvalue weighted by molar-refractivity contribution is -0.142. The van der Waals surface area contributed by atoms with Gasteiger partial charge in [0.05, 0.1) is 6.04 Å². The van der Waals surface area contributed by atoms with Crippen LogP contribution in [0.2, 0.25) is 0 Å². The Hall–Kier alpha value is -2.06. The Bertz CT molecular complexity index is 610. The Kier molecular flexibility index (Phi) is 9.15. The van der Waals surface area contributed by atoms with Crippen molar-refractivity contribution in [2.45, 2.75) is 44.8 Å². The molecular formula is C18H27N3O4S. The van der Waals surface area contributed by atoms with Crippen molar-refractivity contribution in [3.63, 3.8) is 0 Å². The SMILES string of the molecule is CC(C)C[C@H](NC(=O)[C@H](CS)NC(=O)[C@@H](N)Cc1ccccc1)C(=O)O. The van der Waals surface area contributed by atoms with Crippen LogP contribution in [0.15, 0.2) is 30.3 Å². The molecule has 0 aliphatic carbocycles. The van der Waals surface area contributed by atoms with E-state index in [1.165, 1.54) is 0 Å². The second-order valence-corrected chi connectivity index (χ2v) is 6.93. The third kappa shape index (κ3) is 7.45. The van der Waals surface area contributed by atoms with E-state index in [0.29, 0.717) is 12.8 Å². The van der Waals surface area contributed by atoms with Crippen LogP contribution in [-0.4, -0.2) is 46.8 Å². The van der Waals surface area contributed by atoms with Gasteiger partial charge >= 0.3 is 5.97 Å². The minimum atomic E-state index is -1.11. The standard InChI is InChI=1S/C18H27N3O4S/c1-11(2)8-14(18(24)25)20-17(23)15(10-26)21-16(22)13(19)9-12-6-4-3-5-7-12/h3-7,11,13-15,26H,8-10,19H2,1-2H3,(H,20,23)(H,21,22)(H,24,25)/t13-,14-,15-/m0/s1. The number of hydrogen-bond donors (Lipinski definition) is 5. The van der Waals surface area contributed by atoms with E-state index in [9.17, 15) is 19.5 Å². The molecule has 1 aromatic carbocycles. The lowest BCUT2D eigenvalue weighted by Crippen LogP contribution is -2.55. The van der Waals surface area contributed by atoms with Crippen LogP contribution in [0.3, 0.4) is 0 Å². The molecule has 0 fully saturated rings. The molecule has 5 N–H and O–H groups in total. The first-order valence-electron chi connectivity index (χ1n) is 8.48. The fraction of sp³-hybridized carbons (Fsp3) is 0.500. The average molecular weight is 381 g/mol. The Labute approximate surface area is 159 Å². The molecular weight excluding hydrogens is 354 g/mol. The molecule has 7 nitrogen and oxygen atoms in total. The summed E-state index contributed by atoms with van der Waals surface area (Å²) in [4.78, 5) is 35.8. The fourth-order valence-corrected chi connectivity index (χ4v) is 2.66. The topological polar surface area (TPSA) is 122 Å². The number of hydrogen-bond acceptors (Lipinski definition) is 5. The monoisotopic (exact) mass is 381 g/mol. The van der Waals surface area contributed by atoms with Gasteiger partial charge in [0.15, 0.2) is 0 Å². The van der Waals surface area contributed by atoms with Crippen molar-refractivity contribution in [1.29, 1.82) is 0 Å². The predicted molar refractivity (Wildman–Crippen MR) is 103 cm³/mol. The van der Waals surface area contributed by atoms with Gasteiger partial charge in [-0.25, -0.2) is 4.79 Å². The van der Waals surface area contributed by atoms with Crippen molar-refractivity contribution in [3.8, 4) is 0 Å². The highest BCUT2D eigenvalue weighted by Gasteiger charge is 2.27. The van der Waals surface area contributed by atoms with Crippen LogP contribution in [0, 0.1) is 5.92 Å². The quantitative estimate of drug-likeness (QED) is 0.380. The van der Waals surface area contributed by atoms with Crippen molar-refractivity contribution in [2.24, 2.45) is 11.7 Å². The van der Waals surface area contributed by atoms with E-state index in [-0.39, 0.29) is 11.7 Å². The van der Waals surface area contributed by atoms with Crippen LogP contribution >= 0.6 is 12.6 Å². The number of aliphatic carboxylic acids is 1. The van der Waals surface area contributed by atoms with Gasteiger partial charge in [-0.15, -0.1) is 0 Å². The molecule has 26 heavy (non-hydrogen) atoms. The first kappa shape index (κ1) is 22.0. The van der Waals surface area contributed by atoms with Gasteiger partial charge in [0.1, 0.15) is 12.1 Å². The molecule has 0 heterocycles. The summed E-state index contributed by atoms with van der Waals surface area (Å²) in [6.07, 6.45) is 0.626. The van der Waals surface area contributed by atoms with E-state index < -0.39 is 35.9 Å². The highest BCUT2D eigenvalue weighted by Crippen LogP contribution is 2.06. The summed E-state index contributed by atoms with van der Waals surface area (Å²) in [5.41, 5.74) is 6.81. The van der Waals surface area contributed by atoms with Crippen molar-refractivity contribution < 1.29 is 19.5 Å². The number of carbonyl (C=O) groups is 3. The van der Waals surface area contributed by atoms with Gasteiger partial charge < -0.3 is 21.5 Å². The van der Waals surface area contributed by atoms with Crippen molar-refractivity contribution in [2.75, 3.05) is 5.75 Å². The van der Waals surface area contributed by atoms with Crippen LogP contribution < -0.4 is 16.4 Å². The largest absolute Gasteiger partial charge is 0.480 e. The number of carboxylic acid groups (broad SMARTS) is 1.